The molecule has 0 aliphatic rings. The Bertz CT molecular complexity index is 1350. The van der Waals surface area contributed by atoms with Gasteiger partial charge in [0.2, 0.25) is 0 Å². The molecule has 4 rings (SSSR count). The van der Waals surface area contributed by atoms with Gasteiger partial charge in [-0.05, 0) is 57.5 Å². The number of ether oxygens (including phenoxy) is 2. The highest BCUT2D eigenvalue weighted by Gasteiger charge is 2.22. The van der Waals surface area contributed by atoms with Crippen molar-refractivity contribution in [2.75, 3.05) is 7.11 Å². The largest absolute Gasteiger partial charge is 0.496 e. The van der Waals surface area contributed by atoms with E-state index in [2.05, 4.69) is 10.1 Å². The summed E-state index contributed by atoms with van der Waals surface area (Å²) in [5.74, 6) is 0.706. The molecule has 3 aromatic heterocycles. The smallest absolute Gasteiger partial charge is 0.419 e. The number of benzene rings is 1. The highest BCUT2D eigenvalue weighted by atomic mass is 16.6. The molecule has 0 radical (unpaired) electrons. The van der Waals surface area contributed by atoms with Crippen molar-refractivity contribution in [1.29, 1.82) is 5.26 Å². The third-order valence-electron chi connectivity index (χ3n) is 4.89. The van der Waals surface area contributed by atoms with Gasteiger partial charge in [-0.15, -0.1) is 0 Å². The third kappa shape index (κ3) is 3.82. The molecule has 0 bridgehead atoms. The number of aryl methyl sites for hydroxylation is 1. The topological polar surface area (TPSA) is 95.0 Å². The number of nitrogens with zero attached hydrogens (tertiary/aromatic N) is 5. The molecule has 0 saturated heterocycles. The molecular formula is C23H23N5O3. The van der Waals surface area contributed by atoms with E-state index in [0.717, 1.165) is 27.4 Å². The highest BCUT2D eigenvalue weighted by molar-refractivity contribution is 5.95. The first-order chi connectivity index (χ1) is 14.7. The number of nitriles is 1. The average molecular weight is 417 g/mol. The molecule has 0 aliphatic carbocycles. The van der Waals surface area contributed by atoms with E-state index in [0.29, 0.717) is 23.6 Å². The number of rotatable bonds is 3. The number of methoxy groups -OCH3 is 1. The number of carbonyl (C=O) groups excluding carboxylic acids is 1. The van der Waals surface area contributed by atoms with Gasteiger partial charge in [0.05, 0.1) is 19.2 Å². The van der Waals surface area contributed by atoms with Crippen LogP contribution in [-0.4, -0.2) is 38.1 Å². The van der Waals surface area contributed by atoms with Gasteiger partial charge in [-0.1, -0.05) is 0 Å². The maximum atomic E-state index is 12.7. The van der Waals surface area contributed by atoms with Crippen LogP contribution < -0.4 is 4.74 Å². The first-order valence-corrected chi connectivity index (χ1v) is 9.85. The van der Waals surface area contributed by atoms with Gasteiger partial charge >= 0.3 is 6.09 Å². The molecule has 8 heteroatoms. The lowest BCUT2D eigenvalue weighted by molar-refractivity contribution is 0.0544. The second kappa shape index (κ2) is 7.43. The van der Waals surface area contributed by atoms with Crippen LogP contribution in [0.15, 0.2) is 36.7 Å². The minimum absolute atomic E-state index is 0.322. The Morgan fingerprint density at radius 3 is 2.71 bits per heavy atom. The summed E-state index contributed by atoms with van der Waals surface area (Å²) >= 11 is 0. The summed E-state index contributed by atoms with van der Waals surface area (Å²) < 4.78 is 14.5. The normalized spacial score (nSPS) is 11.6. The van der Waals surface area contributed by atoms with Crippen LogP contribution in [0.25, 0.3) is 21.9 Å². The second-order valence-corrected chi connectivity index (χ2v) is 8.35. The van der Waals surface area contributed by atoms with Crippen molar-refractivity contribution in [2.24, 2.45) is 0 Å². The zero-order valence-corrected chi connectivity index (χ0v) is 18.1. The fraction of sp³-hybridized carbons (Fsp3) is 0.304. The molecule has 158 valence electrons. The number of aromatic nitrogens is 4. The van der Waals surface area contributed by atoms with Crippen molar-refractivity contribution in [2.45, 2.75) is 39.8 Å². The van der Waals surface area contributed by atoms with Gasteiger partial charge in [0.25, 0.3) is 0 Å². The van der Waals surface area contributed by atoms with Crippen molar-refractivity contribution < 1.29 is 14.3 Å². The molecule has 0 atom stereocenters. The average Bonchev–Trinajstić information content (AvgIpc) is 3.32. The quantitative estimate of drug-likeness (QED) is 0.490. The maximum Gasteiger partial charge on any atom is 0.419 e. The summed E-state index contributed by atoms with van der Waals surface area (Å²) in [6.07, 6.45) is 3.16. The van der Waals surface area contributed by atoms with Gasteiger partial charge in [-0.2, -0.15) is 10.4 Å². The summed E-state index contributed by atoms with van der Waals surface area (Å²) in [7, 11) is 1.62. The van der Waals surface area contributed by atoms with E-state index in [1.54, 1.807) is 24.1 Å². The SMILES string of the molecule is COc1cc(C)c2c(ccn2C(=O)OC(C)(C)C)c1Cn1cc2ccc(C#N)nc2n1. The molecule has 31 heavy (non-hydrogen) atoms. The Hall–Kier alpha value is -3.86. The Kier molecular flexibility index (Phi) is 4.90. The standard InChI is InChI=1S/C23H23N5O3/c1-14-10-19(30-5)18(13-27-12-15-6-7-16(11-24)25-21(15)26-27)17-8-9-28(20(14)17)22(29)31-23(2,3)4/h6-10,12H,13H2,1-5H3. The molecule has 8 nitrogen and oxygen atoms in total. The Morgan fingerprint density at radius 1 is 1.26 bits per heavy atom. The van der Waals surface area contributed by atoms with Crippen LogP contribution in [0.5, 0.6) is 5.75 Å². The van der Waals surface area contributed by atoms with Gasteiger partial charge in [-0.3, -0.25) is 9.25 Å². The van der Waals surface area contributed by atoms with E-state index < -0.39 is 11.7 Å². The molecular weight excluding hydrogens is 394 g/mol. The number of hydrogen-bond donors (Lipinski definition) is 0. The van der Waals surface area contributed by atoms with Crippen LogP contribution in [0.4, 0.5) is 4.79 Å². The molecule has 4 aromatic rings. The van der Waals surface area contributed by atoms with E-state index in [4.69, 9.17) is 14.7 Å². The molecule has 0 unspecified atom stereocenters. The maximum absolute atomic E-state index is 12.7. The minimum atomic E-state index is -0.596. The molecule has 0 spiro atoms. The van der Waals surface area contributed by atoms with E-state index >= 15 is 0 Å². The number of carbonyl (C=O) groups is 1. The molecule has 0 N–H and O–H groups in total. The van der Waals surface area contributed by atoms with Crippen LogP contribution in [0.1, 0.15) is 37.6 Å². The summed E-state index contributed by atoms with van der Waals surface area (Å²) in [5, 5.41) is 15.3. The van der Waals surface area contributed by atoms with E-state index in [9.17, 15) is 4.79 Å². The fourth-order valence-corrected chi connectivity index (χ4v) is 3.63. The summed E-state index contributed by atoms with van der Waals surface area (Å²) in [5.41, 5.74) is 2.79. The predicted molar refractivity (Wildman–Crippen MR) is 116 cm³/mol. The minimum Gasteiger partial charge on any atom is -0.496 e. The summed E-state index contributed by atoms with van der Waals surface area (Å²) in [6.45, 7) is 7.87. The van der Waals surface area contributed by atoms with Crippen molar-refractivity contribution in [3.8, 4) is 11.8 Å². The number of pyridine rings is 1. The van der Waals surface area contributed by atoms with Crippen LogP contribution in [-0.2, 0) is 11.3 Å². The first kappa shape index (κ1) is 20.4. The van der Waals surface area contributed by atoms with Gasteiger partial charge in [-0.25, -0.2) is 9.78 Å². The van der Waals surface area contributed by atoms with Gasteiger partial charge in [0, 0.05) is 28.7 Å². The summed E-state index contributed by atoms with van der Waals surface area (Å²) in [4.78, 5) is 17.0. The van der Waals surface area contributed by atoms with Crippen molar-refractivity contribution in [3.63, 3.8) is 0 Å². The lowest BCUT2D eigenvalue weighted by atomic mass is 10.0. The lowest BCUT2D eigenvalue weighted by Gasteiger charge is -2.20. The lowest BCUT2D eigenvalue weighted by Crippen LogP contribution is -2.26. The molecule has 0 amide bonds. The first-order valence-electron chi connectivity index (χ1n) is 9.85. The van der Waals surface area contributed by atoms with Gasteiger partial charge in [0.1, 0.15) is 23.1 Å². The van der Waals surface area contributed by atoms with E-state index in [1.807, 2.05) is 58.2 Å². The monoisotopic (exact) mass is 417 g/mol. The molecule has 0 aliphatic heterocycles. The van der Waals surface area contributed by atoms with Crippen LogP contribution in [0, 0.1) is 18.3 Å². The van der Waals surface area contributed by atoms with Crippen LogP contribution in [0.3, 0.4) is 0 Å². The van der Waals surface area contributed by atoms with E-state index in [-0.39, 0.29) is 0 Å². The van der Waals surface area contributed by atoms with Gasteiger partial charge < -0.3 is 9.47 Å². The van der Waals surface area contributed by atoms with Crippen molar-refractivity contribution in [1.82, 2.24) is 19.3 Å². The number of hydrogen-bond acceptors (Lipinski definition) is 6. The summed E-state index contributed by atoms with van der Waals surface area (Å²) in [6, 6.07) is 9.32. The zero-order valence-electron chi connectivity index (χ0n) is 18.1. The van der Waals surface area contributed by atoms with Gasteiger partial charge in [0.15, 0.2) is 5.65 Å². The van der Waals surface area contributed by atoms with Crippen molar-refractivity contribution in [3.05, 3.63) is 53.5 Å². The van der Waals surface area contributed by atoms with Crippen molar-refractivity contribution >= 4 is 28.0 Å². The molecule has 3 heterocycles. The fourth-order valence-electron chi connectivity index (χ4n) is 3.63. The predicted octanol–water partition coefficient (Wildman–Crippen LogP) is 4.41. The highest BCUT2D eigenvalue weighted by Crippen LogP contribution is 2.33. The molecule has 0 saturated carbocycles. The molecule has 1 aromatic carbocycles. The van der Waals surface area contributed by atoms with E-state index in [1.165, 1.54) is 4.57 Å². The Morgan fingerprint density at radius 2 is 2.03 bits per heavy atom. The zero-order chi connectivity index (χ0) is 22.3. The Balaban J connectivity index is 1.81. The third-order valence-corrected chi connectivity index (χ3v) is 4.89. The second-order valence-electron chi connectivity index (χ2n) is 8.35. The molecule has 0 fully saturated rings. The van der Waals surface area contributed by atoms with Crippen LogP contribution >= 0.6 is 0 Å². The Labute approximate surface area is 179 Å². The number of fused-ring (bicyclic) bond motifs is 2. The van der Waals surface area contributed by atoms with Crippen LogP contribution in [0.2, 0.25) is 0 Å².